The molecule has 1 amide bonds. The van der Waals surface area contributed by atoms with E-state index in [0.717, 1.165) is 15.8 Å². The summed E-state index contributed by atoms with van der Waals surface area (Å²) in [6.07, 6.45) is 0.291. The second kappa shape index (κ2) is 6.43. The molecule has 0 saturated heterocycles. The van der Waals surface area contributed by atoms with Crippen LogP contribution in [0.1, 0.15) is 5.56 Å². The van der Waals surface area contributed by atoms with Crippen molar-refractivity contribution in [1.29, 1.82) is 0 Å². The third kappa shape index (κ3) is 3.74. The first-order valence-electron chi connectivity index (χ1n) is 6.06. The highest BCUT2D eigenvalue weighted by Gasteiger charge is 2.06. The quantitative estimate of drug-likeness (QED) is 0.843. The zero-order valence-electron chi connectivity index (χ0n) is 11.0. The van der Waals surface area contributed by atoms with E-state index < -0.39 is 0 Å². The molecule has 20 heavy (non-hydrogen) atoms. The van der Waals surface area contributed by atoms with Crippen molar-refractivity contribution in [2.75, 3.05) is 18.2 Å². The van der Waals surface area contributed by atoms with Crippen LogP contribution in [0.4, 0.5) is 11.4 Å². The van der Waals surface area contributed by atoms with Gasteiger partial charge in [-0.05, 0) is 51.8 Å². The molecule has 3 N–H and O–H groups in total. The Morgan fingerprint density at radius 1 is 1.30 bits per heavy atom. The maximum atomic E-state index is 12.0. The molecule has 0 aliphatic heterocycles. The van der Waals surface area contributed by atoms with Crippen LogP contribution < -0.4 is 15.8 Å². The topological polar surface area (TPSA) is 64.3 Å². The predicted molar refractivity (Wildman–Crippen MR) is 83.9 cm³/mol. The smallest absolute Gasteiger partial charge is 0.228 e. The summed E-state index contributed by atoms with van der Waals surface area (Å²) in [5, 5.41) is 2.83. The first kappa shape index (κ1) is 14.4. The molecule has 2 aromatic rings. The standard InChI is InChI=1S/C15H15BrN2O2/c1-20-12-4-2-3-10(7-12)8-15(19)18-11-5-6-14(17)13(16)9-11/h2-7,9H,8,17H2,1H3,(H,18,19). The minimum absolute atomic E-state index is 0.0880. The van der Waals surface area contributed by atoms with Crippen molar-refractivity contribution < 1.29 is 9.53 Å². The molecule has 0 fully saturated rings. The first-order chi connectivity index (χ1) is 9.58. The summed E-state index contributed by atoms with van der Waals surface area (Å²) in [5.74, 6) is 0.653. The number of carbonyl (C=O) groups is 1. The Labute approximate surface area is 126 Å². The van der Waals surface area contributed by atoms with Gasteiger partial charge in [0, 0.05) is 15.8 Å². The molecule has 4 nitrogen and oxygen atoms in total. The Morgan fingerprint density at radius 2 is 2.10 bits per heavy atom. The fourth-order valence-corrected chi connectivity index (χ4v) is 2.16. The van der Waals surface area contributed by atoms with Crippen LogP contribution in [0.3, 0.4) is 0 Å². The number of nitrogens with one attached hydrogen (secondary N) is 1. The van der Waals surface area contributed by atoms with Crippen molar-refractivity contribution in [2.45, 2.75) is 6.42 Å². The molecular weight excluding hydrogens is 320 g/mol. The maximum Gasteiger partial charge on any atom is 0.228 e. The number of halogens is 1. The lowest BCUT2D eigenvalue weighted by atomic mass is 10.1. The molecule has 0 radical (unpaired) electrons. The monoisotopic (exact) mass is 334 g/mol. The van der Waals surface area contributed by atoms with Crippen LogP contribution >= 0.6 is 15.9 Å². The SMILES string of the molecule is COc1cccc(CC(=O)Nc2ccc(N)c(Br)c2)c1. The van der Waals surface area contributed by atoms with E-state index in [1.54, 1.807) is 25.3 Å². The minimum Gasteiger partial charge on any atom is -0.497 e. The summed E-state index contributed by atoms with van der Waals surface area (Å²) < 4.78 is 5.89. The highest BCUT2D eigenvalue weighted by atomic mass is 79.9. The van der Waals surface area contributed by atoms with Gasteiger partial charge in [0.2, 0.25) is 5.91 Å². The van der Waals surface area contributed by atoms with Crippen molar-refractivity contribution in [1.82, 2.24) is 0 Å². The van der Waals surface area contributed by atoms with Gasteiger partial charge >= 0.3 is 0 Å². The Hall–Kier alpha value is -2.01. The van der Waals surface area contributed by atoms with E-state index in [2.05, 4.69) is 21.2 Å². The van der Waals surface area contributed by atoms with Gasteiger partial charge < -0.3 is 15.8 Å². The molecule has 0 heterocycles. The van der Waals surface area contributed by atoms with E-state index in [9.17, 15) is 4.79 Å². The van der Waals surface area contributed by atoms with Gasteiger partial charge in [-0.1, -0.05) is 12.1 Å². The fraction of sp³-hybridized carbons (Fsp3) is 0.133. The average Bonchev–Trinajstić information content (AvgIpc) is 2.43. The molecule has 0 atom stereocenters. The number of nitrogens with two attached hydrogens (primary N) is 1. The second-order valence-corrected chi connectivity index (χ2v) is 5.17. The Bertz CT molecular complexity index is 629. The molecule has 0 unspecified atom stereocenters. The van der Waals surface area contributed by atoms with Crippen molar-refractivity contribution in [3.8, 4) is 5.75 Å². The highest BCUT2D eigenvalue weighted by Crippen LogP contribution is 2.23. The third-order valence-corrected chi connectivity index (χ3v) is 3.47. The van der Waals surface area contributed by atoms with E-state index in [0.29, 0.717) is 17.8 Å². The molecule has 2 rings (SSSR count). The van der Waals surface area contributed by atoms with Crippen LogP contribution in [0.15, 0.2) is 46.9 Å². The molecule has 0 bridgehead atoms. The molecule has 2 aromatic carbocycles. The summed E-state index contributed by atoms with van der Waals surface area (Å²) in [6, 6.07) is 12.7. The van der Waals surface area contributed by atoms with E-state index >= 15 is 0 Å². The lowest BCUT2D eigenvalue weighted by Gasteiger charge is -2.08. The average molecular weight is 335 g/mol. The number of amides is 1. The second-order valence-electron chi connectivity index (χ2n) is 4.31. The number of rotatable bonds is 4. The van der Waals surface area contributed by atoms with Crippen LogP contribution in [0.2, 0.25) is 0 Å². The Balaban J connectivity index is 2.03. The summed E-state index contributed by atoms with van der Waals surface area (Å²) >= 11 is 3.33. The van der Waals surface area contributed by atoms with Crippen LogP contribution in [0.5, 0.6) is 5.75 Å². The third-order valence-electron chi connectivity index (χ3n) is 2.78. The number of methoxy groups -OCH3 is 1. The molecule has 0 aliphatic carbocycles. The maximum absolute atomic E-state index is 12.0. The number of nitrogen functional groups attached to an aromatic ring is 1. The van der Waals surface area contributed by atoms with Gasteiger partial charge in [0.15, 0.2) is 0 Å². The van der Waals surface area contributed by atoms with Crippen molar-refractivity contribution in [3.05, 3.63) is 52.5 Å². The zero-order valence-corrected chi connectivity index (χ0v) is 12.6. The number of hydrogen-bond acceptors (Lipinski definition) is 3. The van der Waals surface area contributed by atoms with Gasteiger partial charge in [-0.2, -0.15) is 0 Å². The van der Waals surface area contributed by atoms with E-state index in [1.165, 1.54) is 0 Å². The van der Waals surface area contributed by atoms with E-state index in [-0.39, 0.29) is 5.91 Å². The van der Waals surface area contributed by atoms with Crippen molar-refractivity contribution in [3.63, 3.8) is 0 Å². The Morgan fingerprint density at radius 3 is 2.80 bits per heavy atom. The fourth-order valence-electron chi connectivity index (χ4n) is 1.78. The molecule has 0 saturated carbocycles. The van der Waals surface area contributed by atoms with Gasteiger partial charge in [0.05, 0.1) is 13.5 Å². The van der Waals surface area contributed by atoms with E-state index in [1.807, 2.05) is 24.3 Å². The number of hydrogen-bond donors (Lipinski definition) is 2. The highest BCUT2D eigenvalue weighted by molar-refractivity contribution is 9.10. The van der Waals surface area contributed by atoms with Crippen LogP contribution in [0.25, 0.3) is 0 Å². The van der Waals surface area contributed by atoms with Gasteiger partial charge in [0.25, 0.3) is 0 Å². The van der Waals surface area contributed by atoms with Crippen LogP contribution in [-0.4, -0.2) is 13.0 Å². The lowest BCUT2D eigenvalue weighted by molar-refractivity contribution is -0.115. The first-order valence-corrected chi connectivity index (χ1v) is 6.85. The summed E-state index contributed by atoms with van der Waals surface area (Å²) in [5.41, 5.74) is 7.94. The van der Waals surface area contributed by atoms with Crippen molar-refractivity contribution >= 4 is 33.2 Å². The van der Waals surface area contributed by atoms with Crippen molar-refractivity contribution in [2.24, 2.45) is 0 Å². The van der Waals surface area contributed by atoms with Gasteiger partial charge in [-0.25, -0.2) is 0 Å². The lowest BCUT2D eigenvalue weighted by Crippen LogP contribution is -2.14. The molecule has 5 heteroatoms. The number of carbonyl (C=O) groups excluding carboxylic acids is 1. The molecule has 0 spiro atoms. The van der Waals surface area contributed by atoms with Gasteiger partial charge in [-0.15, -0.1) is 0 Å². The zero-order chi connectivity index (χ0) is 14.5. The molecular formula is C15H15BrN2O2. The van der Waals surface area contributed by atoms with Gasteiger partial charge in [-0.3, -0.25) is 4.79 Å². The number of anilines is 2. The summed E-state index contributed by atoms with van der Waals surface area (Å²) in [7, 11) is 1.60. The molecule has 0 aliphatic rings. The predicted octanol–water partition coefficient (Wildman–Crippen LogP) is 3.22. The number of benzene rings is 2. The summed E-state index contributed by atoms with van der Waals surface area (Å²) in [6.45, 7) is 0. The largest absolute Gasteiger partial charge is 0.497 e. The summed E-state index contributed by atoms with van der Waals surface area (Å²) in [4.78, 5) is 12.0. The van der Waals surface area contributed by atoms with Crippen LogP contribution in [0, 0.1) is 0 Å². The Kier molecular flexibility index (Phi) is 4.63. The van der Waals surface area contributed by atoms with Gasteiger partial charge in [0.1, 0.15) is 5.75 Å². The minimum atomic E-state index is -0.0880. The number of ether oxygens (including phenoxy) is 1. The molecule has 104 valence electrons. The van der Waals surface area contributed by atoms with E-state index in [4.69, 9.17) is 10.5 Å². The normalized spacial score (nSPS) is 10.1. The van der Waals surface area contributed by atoms with Crippen LogP contribution in [-0.2, 0) is 11.2 Å². The molecule has 0 aromatic heterocycles.